The molecule has 0 aliphatic heterocycles. The van der Waals surface area contributed by atoms with Crippen LogP contribution in [0.4, 0.5) is 34.1 Å². The summed E-state index contributed by atoms with van der Waals surface area (Å²) in [5.41, 5.74) is 16.5. The molecule has 0 radical (unpaired) electrons. The molecule has 0 unspecified atom stereocenters. The molecule has 12 aromatic carbocycles. The molecule has 0 saturated carbocycles. The van der Waals surface area contributed by atoms with Crippen LogP contribution in [0.1, 0.15) is 11.1 Å². The van der Waals surface area contributed by atoms with Gasteiger partial charge >= 0.3 is 0 Å². The van der Waals surface area contributed by atoms with Gasteiger partial charge in [-0.05, 0) is 94.0 Å². The van der Waals surface area contributed by atoms with E-state index in [-0.39, 0.29) is 0 Å². The zero-order valence-electron chi connectivity index (χ0n) is 38.7. The van der Waals surface area contributed by atoms with Crippen LogP contribution < -0.4 is 9.80 Å². The van der Waals surface area contributed by atoms with Crippen molar-refractivity contribution in [2.24, 2.45) is 0 Å². The van der Waals surface area contributed by atoms with Gasteiger partial charge in [0.25, 0.3) is 0 Å². The van der Waals surface area contributed by atoms with Crippen molar-refractivity contribution in [3.05, 3.63) is 242 Å². The number of furan rings is 2. The molecular formula is C66H44N2O2. The number of nitrogens with zero attached hydrogens (tertiary/aromatic N) is 2. The number of rotatable bonds is 8. The Kier molecular flexibility index (Phi) is 8.99. The fourth-order valence-electron chi connectivity index (χ4n) is 11.2. The zero-order chi connectivity index (χ0) is 46.5. The second kappa shape index (κ2) is 15.7. The summed E-state index contributed by atoms with van der Waals surface area (Å²) in [5.74, 6) is 0. The van der Waals surface area contributed by atoms with Crippen LogP contribution in [0.3, 0.4) is 0 Å². The Balaban J connectivity index is 1.01. The molecule has 0 amide bonds. The molecule has 4 nitrogen and oxygen atoms in total. The Labute approximate surface area is 404 Å². The van der Waals surface area contributed by atoms with Crippen LogP contribution in [0.25, 0.3) is 98.4 Å². The average Bonchev–Trinajstić information content (AvgIpc) is 4.00. The number of fused-ring (bicyclic) bond motifs is 6. The molecular weight excluding hydrogens is 853 g/mol. The molecule has 2 heterocycles. The van der Waals surface area contributed by atoms with Crippen LogP contribution in [-0.2, 0) is 0 Å². The quantitative estimate of drug-likeness (QED) is 0.142. The van der Waals surface area contributed by atoms with Gasteiger partial charge in [-0.1, -0.05) is 194 Å². The number of benzene rings is 12. The molecule has 330 valence electrons. The maximum atomic E-state index is 7.12. The fourth-order valence-corrected chi connectivity index (χ4v) is 11.2. The lowest BCUT2D eigenvalue weighted by atomic mass is 9.91. The van der Waals surface area contributed by atoms with E-state index < -0.39 is 0 Å². The third-order valence-corrected chi connectivity index (χ3v) is 14.5. The van der Waals surface area contributed by atoms with Crippen LogP contribution >= 0.6 is 0 Å². The molecule has 0 bridgehead atoms. The maximum Gasteiger partial charge on any atom is 0.159 e. The molecule has 0 atom stereocenters. The molecule has 0 aliphatic rings. The van der Waals surface area contributed by atoms with E-state index in [9.17, 15) is 0 Å². The lowest BCUT2D eigenvalue weighted by molar-refractivity contribution is 0.670. The van der Waals surface area contributed by atoms with E-state index in [1.165, 1.54) is 21.5 Å². The minimum Gasteiger partial charge on any atom is -0.453 e. The number of aryl methyl sites for hydroxylation is 2. The molecule has 0 aliphatic carbocycles. The number of anilines is 6. The van der Waals surface area contributed by atoms with Gasteiger partial charge in [0.2, 0.25) is 0 Å². The van der Waals surface area contributed by atoms with E-state index in [4.69, 9.17) is 8.83 Å². The maximum absolute atomic E-state index is 7.12. The summed E-state index contributed by atoms with van der Waals surface area (Å²) in [7, 11) is 0. The van der Waals surface area contributed by atoms with Crippen LogP contribution in [0.2, 0.25) is 0 Å². The third kappa shape index (κ3) is 6.03. The summed E-state index contributed by atoms with van der Waals surface area (Å²) < 4.78 is 14.2. The number of hydrogen-bond donors (Lipinski definition) is 0. The molecule has 0 saturated heterocycles. The summed E-state index contributed by atoms with van der Waals surface area (Å²) >= 11 is 0. The van der Waals surface area contributed by atoms with Crippen LogP contribution in [0.15, 0.2) is 239 Å². The van der Waals surface area contributed by atoms with Gasteiger partial charge in [0.15, 0.2) is 11.2 Å². The van der Waals surface area contributed by atoms with E-state index in [0.717, 1.165) is 122 Å². The summed E-state index contributed by atoms with van der Waals surface area (Å²) in [6.07, 6.45) is 0. The molecule has 0 fully saturated rings. The van der Waals surface area contributed by atoms with Crippen molar-refractivity contribution in [1.29, 1.82) is 0 Å². The van der Waals surface area contributed by atoms with Crippen LogP contribution in [0, 0.1) is 13.8 Å². The highest BCUT2D eigenvalue weighted by Gasteiger charge is 2.27. The SMILES string of the molecule is Cc1ccccc1N(c1ccc2ccc3c(N(c4ccccc4C)c4cccc5c4oc4c(-c6ccccc6)cccc45)ccc4ccc1c2c43)c1cccc2c1oc1c(-c3ccccc3)cccc12. The van der Waals surface area contributed by atoms with Gasteiger partial charge in [0, 0.05) is 54.8 Å². The molecule has 4 heteroatoms. The van der Waals surface area contributed by atoms with Crippen molar-refractivity contribution in [3.63, 3.8) is 0 Å². The molecule has 14 rings (SSSR count). The standard InChI is InChI=1S/C66H44N2O2/c1-41-17-9-11-29-55(41)67(59-31-15-27-51-49-25-13-23-47(63(49)69-65(51)59)43-19-5-3-6-20-43)57-39-35-45-34-38-54-58(40-36-46-33-37-53(57)61(45)62(46)54)68(56-30-12-10-18-42(56)2)60-32-16-28-52-50-26-14-24-48(64(50)70-66(52)60)44-21-7-4-8-22-44/h3-40H,1-2H3. The van der Waals surface area contributed by atoms with E-state index in [1.807, 2.05) is 0 Å². The molecule has 0 spiro atoms. The fraction of sp³-hybridized carbons (Fsp3) is 0.0303. The lowest BCUT2D eigenvalue weighted by Gasteiger charge is -2.30. The minimum atomic E-state index is 0.849. The van der Waals surface area contributed by atoms with Gasteiger partial charge in [-0.15, -0.1) is 0 Å². The third-order valence-electron chi connectivity index (χ3n) is 14.5. The Bertz CT molecular complexity index is 4060. The van der Waals surface area contributed by atoms with Crippen molar-refractivity contribution in [2.75, 3.05) is 9.80 Å². The van der Waals surface area contributed by atoms with E-state index in [1.54, 1.807) is 0 Å². The van der Waals surface area contributed by atoms with Gasteiger partial charge in [-0.3, -0.25) is 0 Å². The van der Waals surface area contributed by atoms with E-state index >= 15 is 0 Å². The average molecular weight is 897 g/mol. The predicted molar refractivity (Wildman–Crippen MR) is 294 cm³/mol. The first-order valence-electron chi connectivity index (χ1n) is 24.0. The normalized spacial score (nSPS) is 11.9. The highest BCUT2D eigenvalue weighted by atomic mass is 16.3. The molecule has 70 heavy (non-hydrogen) atoms. The second-order valence-corrected chi connectivity index (χ2v) is 18.4. The first-order chi connectivity index (χ1) is 34.6. The zero-order valence-corrected chi connectivity index (χ0v) is 38.7. The largest absolute Gasteiger partial charge is 0.453 e. The lowest BCUT2D eigenvalue weighted by Crippen LogP contribution is -2.13. The highest BCUT2D eigenvalue weighted by molar-refractivity contribution is 6.29. The minimum absolute atomic E-state index is 0.849. The van der Waals surface area contributed by atoms with E-state index in [0.29, 0.717) is 0 Å². The van der Waals surface area contributed by atoms with Crippen molar-refractivity contribution >= 4 is 110 Å². The Morgan fingerprint density at radius 3 is 1.04 bits per heavy atom. The summed E-state index contributed by atoms with van der Waals surface area (Å²) in [6.45, 7) is 4.39. The summed E-state index contributed by atoms with van der Waals surface area (Å²) in [5, 5.41) is 11.5. The smallest absolute Gasteiger partial charge is 0.159 e. The van der Waals surface area contributed by atoms with Crippen molar-refractivity contribution in [1.82, 2.24) is 0 Å². The van der Waals surface area contributed by atoms with Gasteiger partial charge in [-0.2, -0.15) is 0 Å². The van der Waals surface area contributed by atoms with Crippen LogP contribution in [-0.4, -0.2) is 0 Å². The monoisotopic (exact) mass is 896 g/mol. The van der Waals surface area contributed by atoms with Gasteiger partial charge < -0.3 is 18.6 Å². The number of hydrogen-bond acceptors (Lipinski definition) is 4. The summed E-state index contributed by atoms with van der Waals surface area (Å²) in [6, 6.07) is 82.9. The highest BCUT2D eigenvalue weighted by Crippen LogP contribution is 2.51. The Hall–Kier alpha value is -9.12. The van der Waals surface area contributed by atoms with Crippen molar-refractivity contribution in [3.8, 4) is 22.3 Å². The van der Waals surface area contributed by atoms with Crippen molar-refractivity contribution < 1.29 is 8.83 Å². The first-order valence-corrected chi connectivity index (χ1v) is 24.0. The predicted octanol–water partition coefficient (Wildman–Crippen LogP) is 19.3. The van der Waals surface area contributed by atoms with Gasteiger partial charge in [-0.25, -0.2) is 0 Å². The molecule has 0 N–H and O–H groups in total. The first kappa shape index (κ1) is 40.0. The Morgan fingerprint density at radius 1 is 0.257 bits per heavy atom. The molecule has 14 aromatic rings. The van der Waals surface area contributed by atoms with Gasteiger partial charge in [0.05, 0.1) is 22.7 Å². The number of para-hydroxylation sites is 6. The van der Waals surface area contributed by atoms with Crippen LogP contribution in [0.5, 0.6) is 0 Å². The topological polar surface area (TPSA) is 32.8 Å². The van der Waals surface area contributed by atoms with Gasteiger partial charge in [0.1, 0.15) is 11.2 Å². The summed E-state index contributed by atoms with van der Waals surface area (Å²) in [4.78, 5) is 4.83. The van der Waals surface area contributed by atoms with Crippen molar-refractivity contribution in [2.45, 2.75) is 13.8 Å². The second-order valence-electron chi connectivity index (χ2n) is 18.4. The Morgan fingerprint density at radius 2 is 0.614 bits per heavy atom. The molecule has 2 aromatic heterocycles. The van der Waals surface area contributed by atoms with E-state index in [2.05, 4.69) is 254 Å².